The van der Waals surface area contributed by atoms with Crippen LogP contribution in [0.5, 0.6) is 0 Å². The minimum Gasteiger partial charge on any atom is -0.367 e. The summed E-state index contributed by atoms with van der Waals surface area (Å²) in [6.45, 7) is 3.65. The molecule has 0 atom stereocenters. The Bertz CT molecular complexity index is 1030. The molecule has 2 heterocycles. The quantitative estimate of drug-likeness (QED) is 0.531. The van der Waals surface area contributed by atoms with Crippen molar-refractivity contribution in [3.8, 4) is 0 Å². The number of nitrogens with one attached hydrogen (secondary N) is 3. The van der Waals surface area contributed by atoms with Crippen molar-refractivity contribution in [2.45, 2.75) is 44.4 Å². The lowest BCUT2D eigenvalue weighted by Crippen LogP contribution is -2.45. The fourth-order valence-corrected chi connectivity index (χ4v) is 4.80. The van der Waals surface area contributed by atoms with Gasteiger partial charge in [0.1, 0.15) is 11.6 Å². The number of nitrogens with zero attached hydrogens (tertiary/aromatic N) is 4. The molecular formula is C25H34F3N7O. The van der Waals surface area contributed by atoms with Crippen molar-refractivity contribution in [3.63, 3.8) is 0 Å². The summed E-state index contributed by atoms with van der Waals surface area (Å²) in [5, 5.41) is 9.24. The molecule has 1 amide bonds. The van der Waals surface area contributed by atoms with Crippen LogP contribution < -0.4 is 20.9 Å². The van der Waals surface area contributed by atoms with Gasteiger partial charge in [-0.2, -0.15) is 23.1 Å². The lowest BCUT2D eigenvalue weighted by molar-refractivity contribution is -0.138. The number of anilines is 3. The highest BCUT2D eigenvalue weighted by molar-refractivity contribution is 5.78. The zero-order valence-electron chi connectivity index (χ0n) is 20.7. The Balaban J connectivity index is 1.30. The number of benzene rings is 1. The van der Waals surface area contributed by atoms with Gasteiger partial charge in [0.15, 0.2) is 0 Å². The molecule has 2 aliphatic rings. The monoisotopic (exact) mass is 505 g/mol. The number of piperazine rings is 1. The molecule has 1 aliphatic carbocycles. The van der Waals surface area contributed by atoms with E-state index in [4.69, 9.17) is 0 Å². The predicted molar refractivity (Wildman–Crippen MR) is 134 cm³/mol. The second kappa shape index (κ2) is 11.3. The van der Waals surface area contributed by atoms with Crippen LogP contribution in [-0.4, -0.2) is 67.1 Å². The normalized spacial score (nSPS) is 21.2. The number of carbonyl (C=O) groups is 1. The van der Waals surface area contributed by atoms with Crippen LogP contribution in [0.4, 0.5) is 30.8 Å². The Hall–Kier alpha value is -3.08. The highest BCUT2D eigenvalue weighted by Crippen LogP contribution is 2.32. The summed E-state index contributed by atoms with van der Waals surface area (Å²) in [4.78, 5) is 26.4. The van der Waals surface area contributed by atoms with Crippen molar-refractivity contribution in [3.05, 3.63) is 41.5 Å². The molecule has 0 unspecified atom stereocenters. The smallest absolute Gasteiger partial charge is 0.367 e. The molecule has 11 heteroatoms. The topological polar surface area (TPSA) is 85.4 Å². The van der Waals surface area contributed by atoms with Gasteiger partial charge in [0, 0.05) is 57.8 Å². The maximum atomic E-state index is 13.2. The van der Waals surface area contributed by atoms with Gasteiger partial charge in [0.2, 0.25) is 11.9 Å². The SMILES string of the molecule is CNc1nc(NC2CCC(C(=O)NCc3ccccc3C(F)(F)F)CC2)cc(N2CCN(C)CC2)n1. The van der Waals surface area contributed by atoms with Gasteiger partial charge in [0.05, 0.1) is 5.56 Å². The third kappa shape index (κ3) is 6.57. The fraction of sp³-hybridized carbons (Fsp3) is 0.560. The second-order valence-corrected chi connectivity index (χ2v) is 9.54. The van der Waals surface area contributed by atoms with Crippen LogP contribution in [0.1, 0.15) is 36.8 Å². The summed E-state index contributed by atoms with van der Waals surface area (Å²) in [6.07, 6.45) is -1.55. The van der Waals surface area contributed by atoms with Gasteiger partial charge in [-0.15, -0.1) is 0 Å². The molecule has 1 aliphatic heterocycles. The summed E-state index contributed by atoms with van der Waals surface area (Å²) in [7, 11) is 3.91. The number of rotatable bonds is 7. The van der Waals surface area contributed by atoms with Crippen molar-refractivity contribution in [1.82, 2.24) is 20.2 Å². The number of aromatic nitrogens is 2. The van der Waals surface area contributed by atoms with Crippen LogP contribution in [0.15, 0.2) is 30.3 Å². The maximum Gasteiger partial charge on any atom is 0.416 e. The maximum absolute atomic E-state index is 13.2. The average molecular weight is 506 g/mol. The van der Waals surface area contributed by atoms with E-state index in [0.717, 1.165) is 56.7 Å². The molecule has 2 aromatic rings. The zero-order valence-corrected chi connectivity index (χ0v) is 20.7. The van der Waals surface area contributed by atoms with Crippen molar-refractivity contribution in [2.24, 2.45) is 5.92 Å². The number of alkyl halides is 3. The molecule has 4 rings (SSSR count). The number of halogens is 3. The van der Waals surface area contributed by atoms with E-state index in [9.17, 15) is 18.0 Å². The highest BCUT2D eigenvalue weighted by Gasteiger charge is 2.33. The van der Waals surface area contributed by atoms with Gasteiger partial charge in [-0.25, -0.2) is 0 Å². The van der Waals surface area contributed by atoms with E-state index in [-0.39, 0.29) is 30.0 Å². The first-order chi connectivity index (χ1) is 17.2. The van der Waals surface area contributed by atoms with Crippen LogP contribution in [0.2, 0.25) is 0 Å². The molecule has 1 aromatic carbocycles. The molecule has 36 heavy (non-hydrogen) atoms. The number of carbonyl (C=O) groups excluding carboxylic acids is 1. The molecule has 196 valence electrons. The lowest BCUT2D eigenvalue weighted by Gasteiger charge is -2.33. The zero-order chi connectivity index (χ0) is 25.7. The van der Waals surface area contributed by atoms with E-state index in [1.165, 1.54) is 12.1 Å². The van der Waals surface area contributed by atoms with Gasteiger partial charge in [-0.05, 0) is 44.4 Å². The summed E-state index contributed by atoms with van der Waals surface area (Å²) in [6, 6.07) is 7.49. The van der Waals surface area contributed by atoms with Gasteiger partial charge in [-0.3, -0.25) is 4.79 Å². The van der Waals surface area contributed by atoms with Crippen LogP contribution in [0.25, 0.3) is 0 Å². The summed E-state index contributed by atoms with van der Waals surface area (Å²) >= 11 is 0. The molecule has 0 spiro atoms. The minimum atomic E-state index is -4.44. The molecule has 1 aromatic heterocycles. The third-order valence-electron chi connectivity index (χ3n) is 6.99. The molecule has 0 radical (unpaired) electrons. The van der Waals surface area contributed by atoms with Gasteiger partial charge >= 0.3 is 6.18 Å². The number of hydrogen-bond donors (Lipinski definition) is 3. The molecular weight excluding hydrogens is 471 g/mol. The first kappa shape index (κ1) is 26.0. The highest BCUT2D eigenvalue weighted by atomic mass is 19.4. The Morgan fingerprint density at radius 2 is 1.75 bits per heavy atom. The second-order valence-electron chi connectivity index (χ2n) is 9.54. The molecule has 1 saturated carbocycles. The largest absolute Gasteiger partial charge is 0.416 e. The van der Waals surface area contributed by atoms with E-state index in [0.29, 0.717) is 18.8 Å². The van der Waals surface area contributed by atoms with Crippen molar-refractivity contribution < 1.29 is 18.0 Å². The minimum absolute atomic E-state index is 0.0777. The molecule has 0 bridgehead atoms. The number of amides is 1. The van der Waals surface area contributed by atoms with Crippen LogP contribution in [0.3, 0.4) is 0 Å². The molecule has 8 nitrogen and oxygen atoms in total. The number of likely N-dealkylation sites (N-methyl/N-ethyl adjacent to an activating group) is 1. The lowest BCUT2D eigenvalue weighted by atomic mass is 9.85. The van der Waals surface area contributed by atoms with Gasteiger partial charge in [-0.1, -0.05) is 18.2 Å². The van der Waals surface area contributed by atoms with Crippen molar-refractivity contribution in [2.75, 3.05) is 55.8 Å². The van der Waals surface area contributed by atoms with Crippen LogP contribution >= 0.6 is 0 Å². The first-order valence-corrected chi connectivity index (χ1v) is 12.4. The Kier molecular flexibility index (Phi) is 8.17. The average Bonchev–Trinajstić information content (AvgIpc) is 2.87. The van der Waals surface area contributed by atoms with Crippen molar-refractivity contribution in [1.29, 1.82) is 0 Å². The Morgan fingerprint density at radius 3 is 2.42 bits per heavy atom. The van der Waals surface area contributed by atoms with E-state index >= 15 is 0 Å². The first-order valence-electron chi connectivity index (χ1n) is 12.4. The van der Waals surface area contributed by atoms with E-state index in [1.807, 2.05) is 6.07 Å². The van der Waals surface area contributed by atoms with E-state index in [1.54, 1.807) is 13.1 Å². The fourth-order valence-electron chi connectivity index (χ4n) is 4.80. The van der Waals surface area contributed by atoms with Crippen molar-refractivity contribution >= 4 is 23.5 Å². The summed E-state index contributed by atoms with van der Waals surface area (Å²) in [5.41, 5.74) is -0.631. The van der Waals surface area contributed by atoms with Crippen LogP contribution in [-0.2, 0) is 17.5 Å². The standard InChI is InChI=1S/C25H34F3N7O/c1-29-24-32-21(15-22(33-24)35-13-11-34(2)12-14-35)31-19-9-7-17(8-10-19)23(36)30-16-18-5-3-4-6-20(18)25(26,27)28/h3-6,15,17,19H,7-14,16H2,1-2H3,(H,30,36)(H2,29,31,32,33). The van der Waals surface area contributed by atoms with E-state index in [2.05, 4.69) is 42.8 Å². The summed E-state index contributed by atoms with van der Waals surface area (Å²) < 4.78 is 39.6. The van der Waals surface area contributed by atoms with E-state index < -0.39 is 11.7 Å². The predicted octanol–water partition coefficient (Wildman–Crippen LogP) is 3.58. The number of hydrogen-bond acceptors (Lipinski definition) is 7. The van der Waals surface area contributed by atoms with Crippen LogP contribution in [0, 0.1) is 5.92 Å². The Labute approximate surface area is 209 Å². The van der Waals surface area contributed by atoms with Gasteiger partial charge in [0.25, 0.3) is 0 Å². The third-order valence-corrected chi connectivity index (χ3v) is 6.99. The molecule has 1 saturated heterocycles. The van der Waals surface area contributed by atoms with Gasteiger partial charge < -0.3 is 25.8 Å². The molecule has 2 fully saturated rings. The molecule has 3 N–H and O–H groups in total. The summed E-state index contributed by atoms with van der Waals surface area (Å²) in [5.74, 6) is 1.79. The Morgan fingerprint density at radius 1 is 1.06 bits per heavy atom.